The highest BCUT2D eigenvalue weighted by atomic mass is 16.5. The summed E-state index contributed by atoms with van der Waals surface area (Å²) in [5, 5.41) is 6.18. The zero-order chi connectivity index (χ0) is 21.8. The summed E-state index contributed by atoms with van der Waals surface area (Å²) >= 11 is 0. The van der Waals surface area contributed by atoms with Crippen LogP contribution in [0.3, 0.4) is 0 Å². The van der Waals surface area contributed by atoms with Crippen molar-refractivity contribution in [1.29, 1.82) is 0 Å². The minimum absolute atomic E-state index is 0.0544. The zero-order valence-corrected chi connectivity index (χ0v) is 19.6. The topological polar surface area (TPSA) is 70.7 Å². The van der Waals surface area contributed by atoms with Crippen molar-refractivity contribution >= 4 is 11.8 Å². The van der Waals surface area contributed by atoms with E-state index in [1.165, 1.54) is 19.3 Å². The average Bonchev–Trinajstić information content (AvgIpc) is 2.72. The van der Waals surface area contributed by atoms with Gasteiger partial charge in [-0.05, 0) is 70.5 Å². The third kappa shape index (κ3) is 8.18. The molecule has 2 rings (SSSR count). The van der Waals surface area contributed by atoms with Gasteiger partial charge in [0, 0.05) is 19.8 Å². The second-order valence-electron chi connectivity index (χ2n) is 9.70. The Kier molecular flexibility index (Phi) is 11.1. The van der Waals surface area contributed by atoms with Gasteiger partial charge in [-0.3, -0.25) is 9.59 Å². The summed E-state index contributed by atoms with van der Waals surface area (Å²) in [4.78, 5) is 28.8. The predicted octanol–water partition coefficient (Wildman–Crippen LogP) is 3.50. The molecule has 2 fully saturated rings. The second kappa shape index (κ2) is 13.3. The Morgan fingerprint density at radius 3 is 2.50 bits per heavy atom. The van der Waals surface area contributed by atoms with E-state index in [-0.39, 0.29) is 17.2 Å². The van der Waals surface area contributed by atoms with Gasteiger partial charge in [0.05, 0.1) is 5.41 Å². The molecule has 0 aromatic rings. The van der Waals surface area contributed by atoms with Crippen LogP contribution >= 0.6 is 0 Å². The lowest BCUT2D eigenvalue weighted by molar-refractivity contribution is -0.138. The number of hydrogen-bond donors (Lipinski definition) is 2. The van der Waals surface area contributed by atoms with Crippen LogP contribution in [0.15, 0.2) is 0 Å². The maximum atomic E-state index is 13.5. The largest absolute Gasteiger partial charge is 0.381 e. The summed E-state index contributed by atoms with van der Waals surface area (Å²) in [5.41, 5.74) is -0.346. The molecule has 174 valence electrons. The molecule has 6 heteroatoms. The van der Waals surface area contributed by atoms with Crippen molar-refractivity contribution in [3.8, 4) is 0 Å². The average molecular weight is 424 g/mol. The summed E-state index contributed by atoms with van der Waals surface area (Å²) in [6, 6.07) is -0.444. The van der Waals surface area contributed by atoms with Crippen LogP contribution in [0.5, 0.6) is 0 Å². The third-order valence-corrected chi connectivity index (χ3v) is 6.66. The lowest BCUT2D eigenvalue weighted by atomic mass is 9.73. The molecule has 0 bridgehead atoms. The Balaban J connectivity index is 2.07. The zero-order valence-electron chi connectivity index (χ0n) is 19.6. The number of carbonyl (C=O) groups is 2. The standard InChI is InChI=1S/C24H45N3O3/c1-4-5-7-14-27-15-11-24(12-16-27)10-6-8-17-30-18-9-13-25-22(28)21(19-20(2)3)26-23(24)29/h20-21H,4-19H2,1-3H3,(H,25,28)(H,26,29)/t21-/m0/s1. The van der Waals surface area contributed by atoms with E-state index in [1.807, 2.05) is 0 Å². The van der Waals surface area contributed by atoms with Gasteiger partial charge in [-0.25, -0.2) is 0 Å². The van der Waals surface area contributed by atoms with E-state index in [4.69, 9.17) is 4.74 Å². The predicted molar refractivity (Wildman–Crippen MR) is 121 cm³/mol. The quantitative estimate of drug-likeness (QED) is 0.642. The smallest absolute Gasteiger partial charge is 0.242 e. The molecule has 0 saturated carbocycles. The Bertz CT molecular complexity index is 516. The van der Waals surface area contributed by atoms with Gasteiger partial charge in [-0.1, -0.05) is 40.0 Å². The number of amides is 2. The van der Waals surface area contributed by atoms with E-state index in [9.17, 15) is 9.59 Å². The van der Waals surface area contributed by atoms with E-state index in [2.05, 4.69) is 36.3 Å². The van der Waals surface area contributed by atoms with Gasteiger partial charge < -0.3 is 20.3 Å². The van der Waals surface area contributed by atoms with Crippen LogP contribution in [0.2, 0.25) is 0 Å². The Morgan fingerprint density at radius 1 is 1.07 bits per heavy atom. The van der Waals surface area contributed by atoms with Crippen LogP contribution in [-0.4, -0.2) is 62.1 Å². The highest BCUT2D eigenvalue weighted by molar-refractivity contribution is 5.90. The van der Waals surface area contributed by atoms with Crippen molar-refractivity contribution in [3.05, 3.63) is 0 Å². The van der Waals surface area contributed by atoms with Crippen molar-refractivity contribution in [3.63, 3.8) is 0 Å². The van der Waals surface area contributed by atoms with E-state index >= 15 is 0 Å². The first-order valence-electron chi connectivity index (χ1n) is 12.4. The first-order chi connectivity index (χ1) is 14.5. The van der Waals surface area contributed by atoms with Crippen molar-refractivity contribution in [1.82, 2.24) is 15.5 Å². The van der Waals surface area contributed by atoms with Crippen molar-refractivity contribution < 1.29 is 14.3 Å². The van der Waals surface area contributed by atoms with E-state index in [0.717, 1.165) is 64.8 Å². The van der Waals surface area contributed by atoms with Crippen LogP contribution in [-0.2, 0) is 14.3 Å². The number of unbranched alkanes of at least 4 members (excludes halogenated alkanes) is 2. The molecule has 1 spiro atoms. The molecule has 2 aliphatic heterocycles. The maximum Gasteiger partial charge on any atom is 0.242 e. The molecule has 1 atom stereocenters. The van der Waals surface area contributed by atoms with E-state index in [1.54, 1.807) is 0 Å². The van der Waals surface area contributed by atoms with Gasteiger partial charge in [0.15, 0.2) is 0 Å². The fourth-order valence-electron chi connectivity index (χ4n) is 4.67. The van der Waals surface area contributed by atoms with Gasteiger partial charge in [-0.15, -0.1) is 0 Å². The summed E-state index contributed by atoms with van der Waals surface area (Å²) in [5.74, 6) is 0.385. The lowest BCUT2D eigenvalue weighted by Crippen LogP contribution is -2.55. The molecule has 0 aromatic heterocycles. The molecule has 0 radical (unpaired) electrons. The van der Waals surface area contributed by atoms with Crippen molar-refractivity contribution in [2.45, 2.75) is 91.0 Å². The molecule has 2 N–H and O–H groups in total. The number of hydrogen-bond acceptors (Lipinski definition) is 4. The summed E-state index contributed by atoms with van der Waals surface area (Å²) in [7, 11) is 0. The number of carbonyl (C=O) groups excluding carboxylic acids is 2. The minimum Gasteiger partial charge on any atom is -0.381 e. The highest BCUT2D eigenvalue weighted by Crippen LogP contribution is 2.37. The van der Waals surface area contributed by atoms with Crippen LogP contribution in [0, 0.1) is 11.3 Å². The molecular formula is C24H45N3O3. The normalized spacial score (nSPS) is 25.0. The molecule has 2 aliphatic rings. The molecule has 0 aliphatic carbocycles. The molecule has 2 amide bonds. The Morgan fingerprint density at radius 2 is 1.80 bits per heavy atom. The third-order valence-electron chi connectivity index (χ3n) is 6.66. The van der Waals surface area contributed by atoms with Gasteiger partial charge in [0.25, 0.3) is 0 Å². The maximum absolute atomic E-state index is 13.5. The van der Waals surface area contributed by atoms with Gasteiger partial charge in [0.2, 0.25) is 11.8 Å². The fraction of sp³-hybridized carbons (Fsp3) is 0.917. The number of nitrogens with zero attached hydrogens (tertiary/aromatic N) is 1. The molecule has 0 unspecified atom stereocenters. The second-order valence-corrected chi connectivity index (χ2v) is 9.70. The molecule has 30 heavy (non-hydrogen) atoms. The number of rotatable bonds is 6. The van der Waals surface area contributed by atoms with Crippen LogP contribution in [0.1, 0.15) is 85.0 Å². The SMILES string of the molecule is CCCCCN1CCC2(CCCCOCCCNC(=O)[C@H](CC(C)C)NC2=O)CC1. The molecule has 0 aromatic carbocycles. The number of piperidine rings is 1. The molecule has 2 heterocycles. The summed E-state index contributed by atoms with van der Waals surface area (Å²) in [6.45, 7) is 11.6. The van der Waals surface area contributed by atoms with E-state index < -0.39 is 6.04 Å². The minimum atomic E-state index is -0.444. The van der Waals surface area contributed by atoms with Gasteiger partial charge in [0.1, 0.15) is 6.04 Å². The summed E-state index contributed by atoms with van der Waals surface area (Å²) in [6.07, 6.45) is 9.91. The number of ether oxygens (including phenoxy) is 1. The number of likely N-dealkylation sites (tertiary alicyclic amines) is 1. The first-order valence-corrected chi connectivity index (χ1v) is 12.4. The van der Waals surface area contributed by atoms with Gasteiger partial charge in [-0.2, -0.15) is 0 Å². The Hall–Kier alpha value is -1.14. The van der Waals surface area contributed by atoms with Crippen LogP contribution < -0.4 is 10.6 Å². The van der Waals surface area contributed by atoms with Crippen LogP contribution in [0.4, 0.5) is 0 Å². The fourth-order valence-corrected chi connectivity index (χ4v) is 4.67. The Labute approximate surface area is 183 Å². The molecule has 2 saturated heterocycles. The van der Waals surface area contributed by atoms with Crippen molar-refractivity contribution in [2.75, 3.05) is 39.4 Å². The number of nitrogens with one attached hydrogen (secondary N) is 2. The lowest BCUT2D eigenvalue weighted by Gasteiger charge is -2.41. The monoisotopic (exact) mass is 423 g/mol. The summed E-state index contributed by atoms with van der Waals surface area (Å²) < 4.78 is 5.72. The van der Waals surface area contributed by atoms with Crippen LogP contribution in [0.25, 0.3) is 0 Å². The first kappa shape index (κ1) is 25.1. The highest BCUT2D eigenvalue weighted by Gasteiger charge is 2.42. The molecule has 6 nitrogen and oxygen atoms in total. The van der Waals surface area contributed by atoms with Gasteiger partial charge >= 0.3 is 0 Å². The molecular weight excluding hydrogens is 378 g/mol. The van der Waals surface area contributed by atoms with E-state index in [0.29, 0.717) is 25.5 Å². The van der Waals surface area contributed by atoms with Crippen molar-refractivity contribution in [2.24, 2.45) is 11.3 Å².